The van der Waals surface area contributed by atoms with Crippen LogP contribution in [-0.4, -0.2) is 9.78 Å². The summed E-state index contributed by atoms with van der Waals surface area (Å²) in [6, 6.07) is 8.51. The average molecular weight is 272 g/mol. The summed E-state index contributed by atoms with van der Waals surface area (Å²) < 4.78 is 14.9. The fourth-order valence-corrected chi connectivity index (χ4v) is 2.09. The van der Waals surface area contributed by atoms with E-state index in [1.165, 1.54) is 12.1 Å². The standard InChI is InChI=1S/C15H17FN4/c1-3-10(2)20-15(18)13(9-17)14(19-20)8-11-5-4-6-12(16)7-11/h4-7,10H,3,8,18H2,1-2H3. The van der Waals surface area contributed by atoms with Crippen LogP contribution in [0.4, 0.5) is 10.2 Å². The van der Waals surface area contributed by atoms with E-state index < -0.39 is 0 Å². The van der Waals surface area contributed by atoms with Crippen LogP contribution in [0.25, 0.3) is 0 Å². The van der Waals surface area contributed by atoms with Crippen molar-refractivity contribution in [2.24, 2.45) is 0 Å². The largest absolute Gasteiger partial charge is 0.383 e. The number of hydrogen-bond acceptors (Lipinski definition) is 3. The molecule has 1 aromatic carbocycles. The van der Waals surface area contributed by atoms with Crippen LogP contribution in [-0.2, 0) is 6.42 Å². The second kappa shape index (κ2) is 5.74. The van der Waals surface area contributed by atoms with Gasteiger partial charge in [-0.1, -0.05) is 19.1 Å². The van der Waals surface area contributed by atoms with Crippen LogP contribution in [0.5, 0.6) is 0 Å². The molecule has 0 bridgehead atoms. The van der Waals surface area contributed by atoms with E-state index in [-0.39, 0.29) is 11.9 Å². The number of nitrogen functional groups attached to an aromatic ring is 1. The normalized spacial score (nSPS) is 12.1. The number of aromatic nitrogens is 2. The van der Waals surface area contributed by atoms with Crippen molar-refractivity contribution in [1.29, 1.82) is 5.26 Å². The van der Waals surface area contributed by atoms with Crippen molar-refractivity contribution in [3.63, 3.8) is 0 Å². The third-order valence-electron chi connectivity index (χ3n) is 3.40. The van der Waals surface area contributed by atoms with Gasteiger partial charge in [-0.15, -0.1) is 0 Å². The minimum Gasteiger partial charge on any atom is -0.383 e. The fraction of sp³-hybridized carbons (Fsp3) is 0.333. The molecule has 1 unspecified atom stereocenters. The van der Waals surface area contributed by atoms with E-state index >= 15 is 0 Å². The maximum absolute atomic E-state index is 13.2. The average Bonchev–Trinajstić information content (AvgIpc) is 2.74. The SMILES string of the molecule is CCC(C)n1nc(Cc2cccc(F)c2)c(C#N)c1N. The maximum atomic E-state index is 13.2. The molecule has 0 amide bonds. The van der Waals surface area contributed by atoms with E-state index in [2.05, 4.69) is 11.2 Å². The van der Waals surface area contributed by atoms with E-state index in [0.29, 0.717) is 23.5 Å². The van der Waals surface area contributed by atoms with Crippen molar-refractivity contribution >= 4 is 5.82 Å². The van der Waals surface area contributed by atoms with Gasteiger partial charge in [-0.2, -0.15) is 10.4 Å². The summed E-state index contributed by atoms with van der Waals surface area (Å²) in [7, 11) is 0. The summed E-state index contributed by atoms with van der Waals surface area (Å²) in [4.78, 5) is 0. The smallest absolute Gasteiger partial charge is 0.140 e. The van der Waals surface area contributed by atoms with Crippen molar-refractivity contribution < 1.29 is 4.39 Å². The Kier molecular flexibility index (Phi) is 4.04. The first-order chi connectivity index (χ1) is 9.56. The molecule has 1 atom stereocenters. The van der Waals surface area contributed by atoms with Gasteiger partial charge < -0.3 is 5.73 Å². The first-order valence-corrected chi connectivity index (χ1v) is 6.58. The molecule has 0 saturated carbocycles. The lowest BCUT2D eigenvalue weighted by molar-refractivity contribution is 0.481. The van der Waals surface area contributed by atoms with Gasteiger partial charge >= 0.3 is 0 Å². The number of anilines is 1. The Labute approximate surface area is 117 Å². The van der Waals surface area contributed by atoms with Gasteiger partial charge in [-0.3, -0.25) is 0 Å². The Hall–Kier alpha value is -2.35. The molecule has 1 heterocycles. The van der Waals surface area contributed by atoms with Crippen LogP contribution < -0.4 is 5.73 Å². The number of nitrogens with two attached hydrogens (primary N) is 1. The second-order valence-corrected chi connectivity index (χ2v) is 4.83. The molecule has 1 aromatic heterocycles. The van der Waals surface area contributed by atoms with Crippen LogP contribution in [0.1, 0.15) is 43.1 Å². The molecule has 0 aliphatic carbocycles. The van der Waals surface area contributed by atoms with Crippen molar-refractivity contribution in [3.05, 3.63) is 46.9 Å². The first-order valence-electron chi connectivity index (χ1n) is 6.58. The molecule has 0 spiro atoms. The van der Waals surface area contributed by atoms with Crippen molar-refractivity contribution in [1.82, 2.24) is 9.78 Å². The van der Waals surface area contributed by atoms with E-state index in [1.54, 1.807) is 10.7 Å². The molecule has 0 aliphatic heterocycles. The maximum Gasteiger partial charge on any atom is 0.140 e. The Morgan fingerprint density at radius 1 is 1.50 bits per heavy atom. The molecular formula is C15H17FN4. The number of nitriles is 1. The molecule has 2 N–H and O–H groups in total. The van der Waals surface area contributed by atoms with Crippen molar-refractivity contribution in [2.75, 3.05) is 5.73 Å². The van der Waals surface area contributed by atoms with Gasteiger partial charge in [0.2, 0.25) is 0 Å². The summed E-state index contributed by atoms with van der Waals surface area (Å²) in [6.45, 7) is 4.03. The molecule has 20 heavy (non-hydrogen) atoms. The molecule has 4 nitrogen and oxygen atoms in total. The van der Waals surface area contributed by atoms with E-state index in [1.807, 2.05) is 19.9 Å². The van der Waals surface area contributed by atoms with Crippen LogP contribution in [0.2, 0.25) is 0 Å². The first kappa shape index (κ1) is 14.1. The van der Waals surface area contributed by atoms with Gasteiger partial charge in [0.25, 0.3) is 0 Å². The summed E-state index contributed by atoms with van der Waals surface area (Å²) in [5.74, 6) is 0.0867. The summed E-state index contributed by atoms with van der Waals surface area (Å²) >= 11 is 0. The summed E-state index contributed by atoms with van der Waals surface area (Å²) in [6.07, 6.45) is 1.27. The second-order valence-electron chi connectivity index (χ2n) is 4.83. The van der Waals surface area contributed by atoms with Gasteiger partial charge in [-0.25, -0.2) is 9.07 Å². The zero-order valence-electron chi connectivity index (χ0n) is 11.6. The zero-order chi connectivity index (χ0) is 14.7. The number of hydrogen-bond donors (Lipinski definition) is 1. The van der Waals surface area contributed by atoms with E-state index in [0.717, 1.165) is 12.0 Å². The number of halogens is 1. The monoisotopic (exact) mass is 272 g/mol. The Morgan fingerprint density at radius 3 is 2.85 bits per heavy atom. The minimum absolute atomic E-state index is 0.128. The van der Waals surface area contributed by atoms with Gasteiger partial charge in [0, 0.05) is 6.42 Å². The highest BCUT2D eigenvalue weighted by Crippen LogP contribution is 2.23. The Morgan fingerprint density at radius 2 is 2.25 bits per heavy atom. The predicted octanol–water partition coefficient (Wildman–Crippen LogP) is 3.04. The van der Waals surface area contributed by atoms with E-state index in [9.17, 15) is 9.65 Å². The topological polar surface area (TPSA) is 67.6 Å². The third kappa shape index (κ3) is 2.64. The fourth-order valence-electron chi connectivity index (χ4n) is 2.09. The Bertz CT molecular complexity index is 654. The van der Waals surface area contributed by atoms with Crippen LogP contribution in [0, 0.1) is 17.1 Å². The Balaban J connectivity index is 2.39. The van der Waals surface area contributed by atoms with Gasteiger partial charge in [0.1, 0.15) is 23.3 Å². The molecule has 2 rings (SSSR count). The highest BCUT2D eigenvalue weighted by molar-refractivity contribution is 5.53. The molecule has 2 aromatic rings. The van der Waals surface area contributed by atoms with Gasteiger partial charge in [0.15, 0.2) is 0 Å². The predicted molar refractivity (Wildman–Crippen MR) is 75.6 cm³/mol. The molecule has 0 aliphatic rings. The zero-order valence-corrected chi connectivity index (χ0v) is 11.6. The lowest BCUT2D eigenvalue weighted by Gasteiger charge is -2.10. The van der Waals surface area contributed by atoms with Crippen molar-refractivity contribution in [3.8, 4) is 6.07 Å². The molecule has 0 fully saturated rings. The van der Waals surface area contributed by atoms with Crippen molar-refractivity contribution in [2.45, 2.75) is 32.7 Å². The summed E-state index contributed by atoms with van der Waals surface area (Å²) in [5.41, 5.74) is 7.73. The number of rotatable bonds is 4. The van der Waals surface area contributed by atoms with Crippen LogP contribution >= 0.6 is 0 Å². The quantitative estimate of drug-likeness (QED) is 0.930. The summed E-state index contributed by atoms with van der Waals surface area (Å²) in [5, 5.41) is 13.7. The van der Waals surface area contributed by atoms with Crippen LogP contribution in [0.3, 0.4) is 0 Å². The van der Waals surface area contributed by atoms with Gasteiger partial charge in [-0.05, 0) is 31.0 Å². The highest BCUT2D eigenvalue weighted by atomic mass is 19.1. The molecule has 104 valence electrons. The number of nitrogens with zero attached hydrogens (tertiary/aromatic N) is 3. The third-order valence-corrected chi connectivity index (χ3v) is 3.40. The molecular weight excluding hydrogens is 255 g/mol. The molecule has 0 saturated heterocycles. The lowest BCUT2D eigenvalue weighted by Crippen LogP contribution is -2.09. The van der Waals surface area contributed by atoms with Gasteiger partial charge in [0.05, 0.1) is 11.7 Å². The van der Waals surface area contributed by atoms with E-state index in [4.69, 9.17) is 5.73 Å². The molecule has 0 radical (unpaired) electrons. The molecule has 5 heteroatoms. The lowest BCUT2D eigenvalue weighted by atomic mass is 10.1. The highest BCUT2D eigenvalue weighted by Gasteiger charge is 2.18. The van der Waals surface area contributed by atoms with Crippen LogP contribution in [0.15, 0.2) is 24.3 Å². The minimum atomic E-state index is -0.296. The number of benzene rings is 1.